The second-order valence-electron chi connectivity index (χ2n) is 11.1. The van der Waals surface area contributed by atoms with Crippen molar-refractivity contribution in [2.45, 2.75) is 56.5 Å². The fourth-order valence-corrected chi connectivity index (χ4v) is 5.30. The summed E-state index contributed by atoms with van der Waals surface area (Å²) in [6.07, 6.45) is -1.05. The molecule has 0 unspecified atom stereocenters. The Kier molecular flexibility index (Phi) is 8.50. The molecule has 2 aliphatic heterocycles. The third kappa shape index (κ3) is 6.74. The van der Waals surface area contributed by atoms with E-state index in [0.29, 0.717) is 18.5 Å². The van der Waals surface area contributed by atoms with E-state index in [0.717, 1.165) is 11.1 Å². The summed E-state index contributed by atoms with van der Waals surface area (Å²) in [7, 11) is 2.48. The molecule has 0 aromatic heterocycles. The standard InChI is InChI=1S/C31H36N2O8/c1-22(33-18-17-31(40-27(33)35,19-29(2,3)37)25-9-7-6-8-10-25)24-13-11-23(12-14-24)15-16-30(41-28(36)39-5)20-32(21-30)26(34)38-4/h6-14,22,37H,17-21H2,1-5H3/t22-,31-/m0/s1. The Morgan fingerprint density at radius 2 is 1.73 bits per heavy atom. The van der Waals surface area contributed by atoms with Crippen LogP contribution in [-0.2, 0) is 24.5 Å². The van der Waals surface area contributed by atoms with Crippen molar-refractivity contribution in [1.29, 1.82) is 0 Å². The van der Waals surface area contributed by atoms with Gasteiger partial charge in [0.05, 0.1) is 39.0 Å². The first kappa shape index (κ1) is 29.7. The van der Waals surface area contributed by atoms with Crippen molar-refractivity contribution in [3.63, 3.8) is 0 Å². The zero-order valence-electron chi connectivity index (χ0n) is 24.0. The second-order valence-corrected chi connectivity index (χ2v) is 11.1. The average Bonchev–Trinajstić information content (AvgIpc) is 2.93. The van der Waals surface area contributed by atoms with E-state index < -0.39 is 35.1 Å². The maximum atomic E-state index is 13.3. The zero-order valence-corrected chi connectivity index (χ0v) is 24.0. The Balaban J connectivity index is 1.47. The van der Waals surface area contributed by atoms with Crippen molar-refractivity contribution >= 4 is 18.3 Å². The van der Waals surface area contributed by atoms with Gasteiger partial charge in [0, 0.05) is 24.9 Å². The summed E-state index contributed by atoms with van der Waals surface area (Å²) in [4.78, 5) is 39.9. The molecule has 0 aliphatic carbocycles. The molecule has 2 atom stereocenters. The van der Waals surface area contributed by atoms with Crippen LogP contribution in [-0.4, -0.2) is 78.3 Å². The minimum Gasteiger partial charge on any atom is -0.453 e. The number of aliphatic hydroxyl groups is 1. The first-order valence-corrected chi connectivity index (χ1v) is 13.4. The molecule has 1 N–H and O–H groups in total. The molecule has 41 heavy (non-hydrogen) atoms. The Labute approximate surface area is 240 Å². The van der Waals surface area contributed by atoms with Crippen LogP contribution >= 0.6 is 0 Å². The molecule has 2 aliphatic rings. The van der Waals surface area contributed by atoms with Crippen LogP contribution in [0.3, 0.4) is 0 Å². The highest BCUT2D eigenvalue weighted by atomic mass is 16.7. The van der Waals surface area contributed by atoms with E-state index in [1.165, 1.54) is 19.1 Å². The zero-order chi connectivity index (χ0) is 29.8. The van der Waals surface area contributed by atoms with Crippen LogP contribution in [0.15, 0.2) is 54.6 Å². The Hall–Kier alpha value is -4.23. The lowest BCUT2D eigenvalue weighted by atomic mass is 9.80. The number of hydrogen-bond donors (Lipinski definition) is 1. The second kappa shape index (κ2) is 11.7. The third-order valence-electron chi connectivity index (χ3n) is 7.36. The monoisotopic (exact) mass is 564 g/mol. The molecule has 2 aromatic carbocycles. The van der Waals surface area contributed by atoms with Gasteiger partial charge in [-0.2, -0.15) is 0 Å². The van der Waals surface area contributed by atoms with E-state index in [1.54, 1.807) is 18.7 Å². The van der Waals surface area contributed by atoms with Crippen LogP contribution in [0.4, 0.5) is 14.4 Å². The van der Waals surface area contributed by atoms with Gasteiger partial charge in [0.2, 0.25) is 5.60 Å². The summed E-state index contributed by atoms with van der Waals surface area (Å²) in [5.74, 6) is 5.97. The number of rotatable bonds is 6. The Morgan fingerprint density at radius 1 is 1.07 bits per heavy atom. The predicted octanol–water partition coefficient (Wildman–Crippen LogP) is 4.60. The van der Waals surface area contributed by atoms with Gasteiger partial charge in [-0.1, -0.05) is 48.4 Å². The van der Waals surface area contributed by atoms with Gasteiger partial charge in [0.25, 0.3) is 0 Å². The maximum absolute atomic E-state index is 13.3. The van der Waals surface area contributed by atoms with Gasteiger partial charge in [-0.25, -0.2) is 14.4 Å². The number of benzene rings is 2. The highest BCUT2D eigenvalue weighted by Crippen LogP contribution is 2.42. The number of ether oxygens (including phenoxy) is 4. The molecular formula is C31H36N2O8. The highest BCUT2D eigenvalue weighted by molar-refractivity contribution is 5.71. The molecule has 2 fully saturated rings. The molecule has 2 amide bonds. The van der Waals surface area contributed by atoms with E-state index >= 15 is 0 Å². The van der Waals surface area contributed by atoms with Crippen LogP contribution < -0.4 is 0 Å². The van der Waals surface area contributed by atoms with Gasteiger partial charge in [-0.05, 0) is 50.0 Å². The molecule has 0 spiro atoms. The van der Waals surface area contributed by atoms with Gasteiger partial charge >= 0.3 is 18.3 Å². The summed E-state index contributed by atoms with van der Waals surface area (Å²) in [6.45, 7) is 5.94. The van der Waals surface area contributed by atoms with Crippen LogP contribution in [0.25, 0.3) is 0 Å². The minimum atomic E-state index is -1.20. The fourth-order valence-electron chi connectivity index (χ4n) is 5.30. The minimum absolute atomic E-state index is 0.0614. The summed E-state index contributed by atoms with van der Waals surface area (Å²) >= 11 is 0. The number of cyclic esters (lactones) is 1. The van der Waals surface area contributed by atoms with Crippen LogP contribution in [0.2, 0.25) is 0 Å². The summed E-state index contributed by atoms with van der Waals surface area (Å²) < 4.78 is 20.8. The number of amides is 2. The molecule has 0 radical (unpaired) electrons. The number of likely N-dealkylation sites (tertiary alicyclic amines) is 1. The normalized spacial score (nSPS) is 20.5. The predicted molar refractivity (Wildman–Crippen MR) is 149 cm³/mol. The van der Waals surface area contributed by atoms with E-state index in [9.17, 15) is 19.5 Å². The molecule has 10 nitrogen and oxygen atoms in total. The van der Waals surface area contributed by atoms with Crippen molar-refractivity contribution in [2.24, 2.45) is 0 Å². The first-order chi connectivity index (χ1) is 19.4. The number of carbonyl (C=O) groups excluding carboxylic acids is 3. The van der Waals surface area contributed by atoms with Crippen molar-refractivity contribution in [3.8, 4) is 11.8 Å². The molecule has 10 heteroatoms. The van der Waals surface area contributed by atoms with Gasteiger partial charge in [-0.15, -0.1) is 0 Å². The number of carbonyl (C=O) groups is 3. The summed E-state index contributed by atoms with van der Waals surface area (Å²) in [6, 6.07) is 16.7. The van der Waals surface area contributed by atoms with E-state index in [1.807, 2.05) is 61.5 Å². The maximum Gasteiger partial charge on any atom is 0.509 e. The Morgan fingerprint density at radius 3 is 2.29 bits per heavy atom. The molecule has 2 saturated heterocycles. The smallest absolute Gasteiger partial charge is 0.453 e. The topological polar surface area (TPSA) is 115 Å². The average molecular weight is 565 g/mol. The van der Waals surface area contributed by atoms with E-state index in [4.69, 9.17) is 14.2 Å². The first-order valence-electron chi connectivity index (χ1n) is 13.4. The lowest BCUT2D eigenvalue weighted by molar-refractivity contribution is -0.101. The molecule has 2 aromatic rings. The molecule has 0 saturated carbocycles. The van der Waals surface area contributed by atoms with Gasteiger partial charge < -0.3 is 29.0 Å². The van der Waals surface area contributed by atoms with Crippen LogP contribution in [0, 0.1) is 11.8 Å². The lowest BCUT2D eigenvalue weighted by Gasteiger charge is -2.45. The molecular weight excluding hydrogens is 528 g/mol. The Bertz CT molecular complexity index is 1320. The largest absolute Gasteiger partial charge is 0.509 e. The highest BCUT2D eigenvalue weighted by Gasteiger charge is 2.49. The number of nitrogens with zero attached hydrogens (tertiary/aromatic N) is 2. The van der Waals surface area contributed by atoms with Gasteiger partial charge in [-0.3, -0.25) is 4.90 Å². The summed E-state index contributed by atoms with van der Waals surface area (Å²) in [5.41, 5.74) is -0.722. The van der Waals surface area contributed by atoms with E-state index in [-0.39, 0.29) is 25.6 Å². The van der Waals surface area contributed by atoms with Crippen molar-refractivity contribution in [3.05, 3.63) is 71.3 Å². The fraction of sp³-hybridized carbons (Fsp3) is 0.452. The SMILES string of the molecule is COC(=O)OC1(C#Cc2ccc([C@H](C)N3CC[C@](CC(C)(C)O)(c4ccccc4)OC3=O)cc2)CN(C(=O)OC)C1. The van der Waals surface area contributed by atoms with Crippen molar-refractivity contribution < 1.29 is 38.4 Å². The number of methoxy groups -OCH3 is 2. The molecule has 218 valence electrons. The van der Waals surface area contributed by atoms with E-state index in [2.05, 4.69) is 16.6 Å². The quantitative estimate of drug-likeness (QED) is 0.308. The van der Waals surface area contributed by atoms with Crippen molar-refractivity contribution in [2.75, 3.05) is 33.9 Å². The lowest BCUT2D eigenvalue weighted by Crippen LogP contribution is -2.64. The van der Waals surface area contributed by atoms with Crippen LogP contribution in [0.1, 0.15) is 56.3 Å². The van der Waals surface area contributed by atoms with Gasteiger partial charge in [0.15, 0.2) is 0 Å². The molecule has 4 rings (SSSR count). The van der Waals surface area contributed by atoms with Crippen LogP contribution in [0.5, 0.6) is 0 Å². The third-order valence-corrected chi connectivity index (χ3v) is 7.36. The number of hydrogen-bond acceptors (Lipinski definition) is 8. The molecule has 0 bridgehead atoms. The summed E-state index contributed by atoms with van der Waals surface area (Å²) in [5, 5.41) is 10.6. The van der Waals surface area contributed by atoms with Crippen molar-refractivity contribution in [1.82, 2.24) is 9.80 Å². The van der Waals surface area contributed by atoms with Gasteiger partial charge in [0.1, 0.15) is 5.60 Å². The molecule has 2 heterocycles.